The van der Waals surface area contributed by atoms with E-state index in [1.54, 1.807) is 0 Å². The molecule has 3 saturated carbocycles. The minimum Gasteiger partial charge on any atom is -0.481 e. The third-order valence-electron chi connectivity index (χ3n) is 7.55. The standard InChI is InChI=1S/C23H39N3O4/c1-16-7-13-20(14-8-16)26(19-5-3-2-4-6-19)23(30)25-22(29)24-15-17-9-11-18(12-10-17)21(27)28/h16-20H,2-15H2,1H3,(H,27,28)(H2,24,25,29,30). The van der Waals surface area contributed by atoms with Crippen molar-refractivity contribution < 1.29 is 19.5 Å². The minimum atomic E-state index is -0.718. The van der Waals surface area contributed by atoms with Crippen molar-refractivity contribution in [2.75, 3.05) is 6.54 Å². The normalized spacial score (nSPS) is 30.3. The number of carbonyl (C=O) groups is 3. The molecule has 3 aliphatic rings. The van der Waals surface area contributed by atoms with Gasteiger partial charge < -0.3 is 15.3 Å². The van der Waals surface area contributed by atoms with Crippen molar-refractivity contribution in [1.82, 2.24) is 15.5 Å². The van der Waals surface area contributed by atoms with Gasteiger partial charge in [-0.1, -0.05) is 26.2 Å². The Morgan fingerprint density at radius 1 is 0.833 bits per heavy atom. The van der Waals surface area contributed by atoms with E-state index >= 15 is 0 Å². The molecular formula is C23H39N3O4. The molecule has 7 nitrogen and oxygen atoms in total. The number of hydrogen-bond donors (Lipinski definition) is 3. The predicted octanol–water partition coefficient (Wildman–Crippen LogP) is 4.51. The molecule has 0 aromatic carbocycles. The van der Waals surface area contributed by atoms with Gasteiger partial charge in [0.05, 0.1) is 5.92 Å². The summed E-state index contributed by atoms with van der Waals surface area (Å²) in [5, 5.41) is 14.5. The molecule has 0 spiro atoms. The molecular weight excluding hydrogens is 382 g/mol. The van der Waals surface area contributed by atoms with E-state index in [0.717, 1.165) is 70.1 Å². The zero-order valence-electron chi connectivity index (χ0n) is 18.4. The Bertz CT molecular complexity index is 589. The van der Waals surface area contributed by atoms with Gasteiger partial charge in [0.15, 0.2) is 0 Å². The number of carboxylic acid groups (broad SMARTS) is 1. The molecule has 0 saturated heterocycles. The van der Waals surface area contributed by atoms with E-state index in [1.165, 1.54) is 6.42 Å². The zero-order chi connectivity index (χ0) is 21.5. The number of aliphatic carboxylic acids is 1. The number of amides is 4. The second-order valence-electron chi connectivity index (χ2n) is 9.81. The van der Waals surface area contributed by atoms with E-state index in [-0.39, 0.29) is 30.0 Å². The fourth-order valence-electron chi connectivity index (χ4n) is 5.57. The Morgan fingerprint density at radius 2 is 1.43 bits per heavy atom. The molecule has 0 aromatic heterocycles. The highest BCUT2D eigenvalue weighted by Crippen LogP contribution is 2.32. The molecule has 0 bridgehead atoms. The highest BCUT2D eigenvalue weighted by molar-refractivity contribution is 5.93. The Hall–Kier alpha value is -1.79. The van der Waals surface area contributed by atoms with E-state index in [9.17, 15) is 14.4 Å². The quantitative estimate of drug-likeness (QED) is 0.608. The average molecular weight is 422 g/mol. The lowest BCUT2D eigenvalue weighted by Gasteiger charge is -2.42. The molecule has 30 heavy (non-hydrogen) atoms. The van der Waals surface area contributed by atoms with Crippen molar-refractivity contribution in [2.45, 2.75) is 102 Å². The first-order valence-electron chi connectivity index (χ1n) is 12.0. The summed E-state index contributed by atoms with van der Waals surface area (Å²) in [5.41, 5.74) is 0. The van der Waals surface area contributed by atoms with Crippen LogP contribution in [0, 0.1) is 17.8 Å². The van der Waals surface area contributed by atoms with Crippen LogP contribution in [0.5, 0.6) is 0 Å². The Balaban J connectivity index is 1.49. The monoisotopic (exact) mass is 421 g/mol. The van der Waals surface area contributed by atoms with Gasteiger partial charge in [-0.3, -0.25) is 10.1 Å². The summed E-state index contributed by atoms with van der Waals surface area (Å²) in [6.45, 7) is 2.77. The third-order valence-corrected chi connectivity index (χ3v) is 7.55. The number of carbonyl (C=O) groups excluding carboxylic acids is 2. The second kappa shape index (κ2) is 11.0. The Kier molecular flexibility index (Phi) is 8.40. The molecule has 3 aliphatic carbocycles. The Morgan fingerprint density at radius 3 is 2.03 bits per heavy atom. The van der Waals surface area contributed by atoms with Crippen molar-refractivity contribution in [3.05, 3.63) is 0 Å². The minimum absolute atomic E-state index is 0.239. The predicted molar refractivity (Wildman–Crippen MR) is 115 cm³/mol. The fourth-order valence-corrected chi connectivity index (χ4v) is 5.57. The summed E-state index contributed by atoms with van der Waals surface area (Å²) >= 11 is 0. The van der Waals surface area contributed by atoms with E-state index < -0.39 is 12.0 Å². The topological polar surface area (TPSA) is 98.7 Å². The third kappa shape index (κ3) is 6.35. The summed E-state index contributed by atoms with van der Waals surface area (Å²) in [6, 6.07) is -0.182. The molecule has 3 fully saturated rings. The first-order valence-corrected chi connectivity index (χ1v) is 12.0. The first kappa shape index (κ1) is 22.9. The van der Waals surface area contributed by atoms with Crippen LogP contribution in [0.2, 0.25) is 0 Å². The maximum Gasteiger partial charge on any atom is 0.325 e. The van der Waals surface area contributed by atoms with Gasteiger partial charge in [0.1, 0.15) is 0 Å². The largest absolute Gasteiger partial charge is 0.481 e. The van der Waals surface area contributed by atoms with Crippen molar-refractivity contribution >= 4 is 18.0 Å². The highest BCUT2D eigenvalue weighted by atomic mass is 16.4. The molecule has 4 amide bonds. The lowest BCUT2D eigenvalue weighted by molar-refractivity contribution is -0.143. The SMILES string of the molecule is CC1CCC(N(C(=O)NC(=O)NCC2CCC(C(=O)O)CC2)C2CCCCC2)CC1. The molecule has 170 valence electrons. The number of hydrogen-bond acceptors (Lipinski definition) is 3. The second-order valence-corrected chi connectivity index (χ2v) is 9.81. The lowest BCUT2D eigenvalue weighted by atomic mass is 9.82. The lowest BCUT2D eigenvalue weighted by Crippen LogP contribution is -2.55. The summed E-state index contributed by atoms with van der Waals surface area (Å²) in [4.78, 5) is 38.6. The number of urea groups is 2. The first-order chi connectivity index (χ1) is 14.4. The van der Waals surface area contributed by atoms with Gasteiger partial charge >= 0.3 is 18.0 Å². The van der Waals surface area contributed by atoms with Crippen LogP contribution in [0.25, 0.3) is 0 Å². The van der Waals surface area contributed by atoms with Crippen LogP contribution in [0.4, 0.5) is 9.59 Å². The molecule has 3 rings (SSSR count). The van der Waals surface area contributed by atoms with Crippen LogP contribution in [0.15, 0.2) is 0 Å². The van der Waals surface area contributed by atoms with Gasteiger partial charge in [0.2, 0.25) is 0 Å². The van der Waals surface area contributed by atoms with Crippen LogP contribution in [-0.4, -0.2) is 46.7 Å². The van der Waals surface area contributed by atoms with E-state index in [1.807, 2.05) is 4.90 Å². The summed E-state index contributed by atoms with van der Waals surface area (Å²) in [7, 11) is 0. The smallest absolute Gasteiger partial charge is 0.325 e. The van der Waals surface area contributed by atoms with Crippen LogP contribution in [-0.2, 0) is 4.79 Å². The van der Waals surface area contributed by atoms with Crippen molar-refractivity contribution in [2.24, 2.45) is 17.8 Å². The van der Waals surface area contributed by atoms with E-state index in [2.05, 4.69) is 17.6 Å². The van der Waals surface area contributed by atoms with Crippen molar-refractivity contribution in [1.29, 1.82) is 0 Å². The highest BCUT2D eigenvalue weighted by Gasteiger charge is 2.34. The number of rotatable bonds is 5. The van der Waals surface area contributed by atoms with E-state index in [0.29, 0.717) is 19.4 Å². The Labute approximate surface area is 180 Å². The fraction of sp³-hybridized carbons (Fsp3) is 0.870. The van der Waals surface area contributed by atoms with Gasteiger partial charge in [0.25, 0.3) is 0 Å². The van der Waals surface area contributed by atoms with Crippen LogP contribution >= 0.6 is 0 Å². The molecule has 0 heterocycles. The number of nitrogens with zero attached hydrogens (tertiary/aromatic N) is 1. The van der Waals surface area contributed by atoms with Gasteiger partial charge in [-0.15, -0.1) is 0 Å². The maximum absolute atomic E-state index is 13.1. The van der Waals surface area contributed by atoms with Crippen LogP contribution < -0.4 is 10.6 Å². The number of imide groups is 1. The number of carboxylic acids is 1. The van der Waals surface area contributed by atoms with E-state index in [4.69, 9.17) is 5.11 Å². The molecule has 7 heteroatoms. The average Bonchev–Trinajstić information content (AvgIpc) is 2.75. The molecule has 0 atom stereocenters. The van der Waals surface area contributed by atoms with Gasteiger partial charge in [-0.25, -0.2) is 9.59 Å². The van der Waals surface area contributed by atoms with Crippen LogP contribution in [0.3, 0.4) is 0 Å². The summed E-state index contributed by atoms with van der Waals surface area (Å²) < 4.78 is 0. The van der Waals surface area contributed by atoms with Gasteiger partial charge in [-0.2, -0.15) is 0 Å². The van der Waals surface area contributed by atoms with Crippen LogP contribution in [0.1, 0.15) is 90.4 Å². The molecule has 0 aliphatic heterocycles. The number of nitrogens with one attached hydrogen (secondary N) is 2. The van der Waals surface area contributed by atoms with Gasteiger partial charge in [-0.05, 0) is 76.0 Å². The van der Waals surface area contributed by atoms with Gasteiger partial charge in [0, 0.05) is 18.6 Å². The summed E-state index contributed by atoms with van der Waals surface area (Å²) in [5.74, 6) is 0.0383. The zero-order valence-corrected chi connectivity index (χ0v) is 18.4. The summed E-state index contributed by atoms with van der Waals surface area (Å²) in [6.07, 6.45) is 12.9. The molecule has 3 N–H and O–H groups in total. The van der Waals surface area contributed by atoms with Crippen molar-refractivity contribution in [3.63, 3.8) is 0 Å². The molecule has 0 aromatic rings. The maximum atomic E-state index is 13.1. The van der Waals surface area contributed by atoms with Crippen molar-refractivity contribution in [3.8, 4) is 0 Å². The molecule has 0 unspecified atom stereocenters. The molecule has 0 radical (unpaired) electrons.